The van der Waals surface area contributed by atoms with Crippen LogP contribution in [0.4, 0.5) is 0 Å². The molecular formula is C13H22O2. The molecule has 0 unspecified atom stereocenters. The number of hydrogen-bond acceptors (Lipinski definition) is 1. The van der Waals surface area contributed by atoms with Crippen LogP contribution >= 0.6 is 0 Å². The SMILES string of the molecule is CC(=CCCCC1CCCCC1)C(=O)O. The monoisotopic (exact) mass is 210 g/mol. The highest BCUT2D eigenvalue weighted by Gasteiger charge is 2.12. The van der Waals surface area contributed by atoms with Gasteiger partial charge in [0.05, 0.1) is 0 Å². The van der Waals surface area contributed by atoms with Gasteiger partial charge in [-0.05, 0) is 25.7 Å². The average molecular weight is 210 g/mol. The van der Waals surface area contributed by atoms with Crippen LogP contribution in [0.3, 0.4) is 0 Å². The summed E-state index contributed by atoms with van der Waals surface area (Å²) in [4.78, 5) is 10.5. The Bertz CT molecular complexity index is 225. The molecule has 1 saturated carbocycles. The second-order valence-electron chi connectivity index (χ2n) is 4.63. The zero-order valence-electron chi connectivity index (χ0n) is 9.67. The molecule has 0 aromatic heterocycles. The first-order valence-corrected chi connectivity index (χ1v) is 6.10. The van der Waals surface area contributed by atoms with Crippen molar-refractivity contribution >= 4 is 5.97 Å². The van der Waals surface area contributed by atoms with Crippen LogP contribution in [0.15, 0.2) is 11.6 Å². The van der Waals surface area contributed by atoms with Gasteiger partial charge in [-0.1, -0.05) is 44.6 Å². The summed E-state index contributed by atoms with van der Waals surface area (Å²) in [6.45, 7) is 1.67. The van der Waals surface area contributed by atoms with Gasteiger partial charge in [-0.15, -0.1) is 0 Å². The first kappa shape index (κ1) is 12.3. The standard InChI is InChI=1S/C13H22O2/c1-11(13(14)15)7-5-6-10-12-8-3-2-4-9-12/h7,12H,2-6,8-10H2,1H3,(H,14,15). The van der Waals surface area contributed by atoms with E-state index in [1.165, 1.54) is 38.5 Å². The van der Waals surface area contributed by atoms with Gasteiger partial charge >= 0.3 is 5.97 Å². The Morgan fingerprint density at radius 1 is 1.33 bits per heavy atom. The molecular weight excluding hydrogens is 188 g/mol. The van der Waals surface area contributed by atoms with Crippen LogP contribution in [0.5, 0.6) is 0 Å². The third-order valence-electron chi connectivity index (χ3n) is 3.33. The maximum absolute atomic E-state index is 10.5. The summed E-state index contributed by atoms with van der Waals surface area (Å²) in [5, 5.41) is 8.66. The predicted molar refractivity (Wildman–Crippen MR) is 61.8 cm³/mol. The minimum atomic E-state index is -0.785. The smallest absolute Gasteiger partial charge is 0.330 e. The fraction of sp³-hybridized carbons (Fsp3) is 0.769. The van der Waals surface area contributed by atoms with E-state index in [1.807, 2.05) is 6.08 Å². The van der Waals surface area contributed by atoms with Gasteiger partial charge in [0.25, 0.3) is 0 Å². The van der Waals surface area contributed by atoms with E-state index in [0.717, 1.165) is 18.8 Å². The van der Waals surface area contributed by atoms with E-state index in [-0.39, 0.29) is 0 Å². The van der Waals surface area contributed by atoms with Crippen LogP contribution in [0.1, 0.15) is 58.3 Å². The van der Waals surface area contributed by atoms with Crippen molar-refractivity contribution < 1.29 is 9.90 Å². The van der Waals surface area contributed by atoms with Crippen LogP contribution in [-0.4, -0.2) is 11.1 Å². The summed E-state index contributed by atoms with van der Waals surface area (Å²) < 4.78 is 0. The molecule has 0 spiro atoms. The van der Waals surface area contributed by atoms with E-state index < -0.39 is 5.97 Å². The van der Waals surface area contributed by atoms with Gasteiger partial charge in [-0.2, -0.15) is 0 Å². The minimum absolute atomic E-state index is 0.485. The third kappa shape index (κ3) is 5.01. The molecule has 86 valence electrons. The van der Waals surface area contributed by atoms with Crippen molar-refractivity contribution in [2.24, 2.45) is 5.92 Å². The Kier molecular flexibility index (Phi) is 5.44. The fourth-order valence-corrected chi connectivity index (χ4v) is 2.29. The van der Waals surface area contributed by atoms with E-state index in [2.05, 4.69) is 0 Å². The van der Waals surface area contributed by atoms with Gasteiger partial charge < -0.3 is 5.11 Å². The molecule has 1 N–H and O–H groups in total. The number of hydrogen-bond donors (Lipinski definition) is 1. The number of allylic oxidation sites excluding steroid dienone is 1. The Labute approximate surface area is 92.4 Å². The minimum Gasteiger partial charge on any atom is -0.478 e. The van der Waals surface area contributed by atoms with Crippen LogP contribution in [0.2, 0.25) is 0 Å². The van der Waals surface area contributed by atoms with E-state index in [0.29, 0.717) is 5.57 Å². The molecule has 1 fully saturated rings. The van der Waals surface area contributed by atoms with E-state index in [9.17, 15) is 4.79 Å². The number of carboxylic acid groups (broad SMARTS) is 1. The molecule has 0 radical (unpaired) electrons. The molecule has 0 aromatic rings. The first-order valence-electron chi connectivity index (χ1n) is 6.10. The predicted octanol–water partition coefficient (Wildman–Crippen LogP) is 3.77. The molecule has 0 heterocycles. The number of aliphatic carboxylic acids is 1. The second-order valence-corrected chi connectivity index (χ2v) is 4.63. The second kappa shape index (κ2) is 6.65. The highest BCUT2D eigenvalue weighted by Crippen LogP contribution is 2.27. The molecule has 15 heavy (non-hydrogen) atoms. The topological polar surface area (TPSA) is 37.3 Å². The fourth-order valence-electron chi connectivity index (χ4n) is 2.29. The Hall–Kier alpha value is -0.790. The van der Waals surface area contributed by atoms with Crippen LogP contribution in [0.25, 0.3) is 0 Å². The molecule has 0 atom stereocenters. The molecule has 0 bridgehead atoms. The highest BCUT2D eigenvalue weighted by molar-refractivity contribution is 5.85. The summed E-state index contributed by atoms with van der Waals surface area (Å²) in [5.74, 6) is 0.130. The lowest BCUT2D eigenvalue weighted by Crippen LogP contribution is -2.05. The van der Waals surface area contributed by atoms with Gasteiger partial charge in [0, 0.05) is 5.57 Å². The lowest BCUT2D eigenvalue weighted by Gasteiger charge is -2.20. The summed E-state index contributed by atoms with van der Waals surface area (Å²) in [7, 11) is 0. The van der Waals surface area contributed by atoms with E-state index in [1.54, 1.807) is 6.92 Å². The van der Waals surface area contributed by atoms with Crippen LogP contribution in [-0.2, 0) is 4.79 Å². The molecule has 1 rings (SSSR count). The van der Waals surface area contributed by atoms with Crippen molar-refractivity contribution in [3.63, 3.8) is 0 Å². The lowest BCUT2D eigenvalue weighted by molar-refractivity contribution is -0.132. The van der Waals surface area contributed by atoms with Gasteiger partial charge in [0.2, 0.25) is 0 Å². The average Bonchev–Trinajstić information content (AvgIpc) is 2.25. The normalized spacial score (nSPS) is 19.1. The number of rotatable bonds is 5. The maximum Gasteiger partial charge on any atom is 0.330 e. The van der Waals surface area contributed by atoms with Crippen LogP contribution < -0.4 is 0 Å². The highest BCUT2D eigenvalue weighted by atomic mass is 16.4. The Balaban J connectivity index is 2.10. The van der Waals surface area contributed by atoms with Crippen LogP contribution in [0, 0.1) is 5.92 Å². The summed E-state index contributed by atoms with van der Waals surface area (Å²) in [6.07, 6.45) is 12.2. The zero-order valence-corrected chi connectivity index (χ0v) is 9.67. The molecule has 1 aliphatic rings. The molecule has 0 amide bonds. The Morgan fingerprint density at radius 2 is 2.00 bits per heavy atom. The van der Waals surface area contributed by atoms with Gasteiger partial charge in [-0.3, -0.25) is 0 Å². The van der Waals surface area contributed by atoms with Crippen molar-refractivity contribution in [3.8, 4) is 0 Å². The van der Waals surface area contributed by atoms with E-state index >= 15 is 0 Å². The summed E-state index contributed by atoms with van der Waals surface area (Å²) in [6, 6.07) is 0. The molecule has 1 aliphatic carbocycles. The molecule has 0 aliphatic heterocycles. The zero-order chi connectivity index (χ0) is 11.1. The van der Waals surface area contributed by atoms with E-state index in [4.69, 9.17) is 5.11 Å². The first-order chi connectivity index (χ1) is 7.20. The van der Waals surface area contributed by atoms with Gasteiger partial charge in [-0.25, -0.2) is 4.79 Å². The van der Waals surface area contributed by atoms with Crippen molar-refractivity contribution in [2.75, 3.05) is 0 Å². The summed E-state index contributed by atoms with van der Waals surface area (Å²) in [5.41, 5.74) is 0.485. The molecule has 0 aromatic carbocycles. The third-order valence-corrected chi connectivity index (χ3v) is 3.33. The number of unbranched alkanes of at least 4 members (excludes halogenated alkanes) is 1. The summed E-state index contributed by atoms with van der Waals surface area (Å²) >= 11 is 0. The number of carboxylic acids is 1. The molecule has 0 saturated heterocycles. The van der Waals surface area contributed by atoms with Gasteiger partial charge in [0.1, 0.15) is 0 Å². The van der Waals surface area contributed by atoms with Crippen molar-refractivity contribution in [1.29, 1.82) is 0 Å². The Morgan fingerprint density at radius 3 is 2.60 bits per heavy atom. The largest absolute Gasteiger partial charge is 0.478 e. The maximum atomic E-state index is 10.5. The number of carbonyl (C=O) groups is 1. The molecule has 2 nitrogen and oxygen atoms in total. The van der Waals surface area contributed by atoms with Crippen molar-refractivity contribution in [2.45, 2.75) is 58.3 Å². The van der Waals surface area contributed by atoms with Crippen molar-refractivity contribution in [1.82, 2.24) is 0 Å². The molecule has 2 heteroatoms. The van der Waals surface area contributed by atoms with Gasteiger partial charge in [0.15, 0.2) is 0 Å². The quantitative estimate of drug-likeness (QED) is 0.554. The lowest BCUT2D eigenvalue weighted by atomic mass is 9.86. The van der Waals surface area contributed by atoms with Crippen molar-refractivity contribution in [3.05, 3.63) is 11.6 Å².